The maximum absolute atomic E-state index is 10.9. The Balaban J connectivity index is 1.71. The lowest BCUT2D eigenvalue weighted by Crippen LogP contribution is -2.01. The van der Waals surface area contributed by atoms with Gasteiger partial charge in [0, 0.05) is 0 Å². The standard InChI is InChI=1S/C16H13N3O2/c20-11-15-10-17-18-19(15)14-6-8-16(9-7-14)21-12-13-4-2-1-3-5-13/h1-11H,12H2. The summed E-state index contributed by atoms with van der Waals surface area (Å²) >= 11 is 0. The minimum absolute atomic E-state index is 0.410. The van der Waals surface area contributed by atoms with Crippen LogP contribution >= 0.6 is 0 Å². The van der Waals surface area contributed by atoms with Crippen LogP contribution in [0.15, 0.2) is 60.8 Å². The van der Waals surface area contributed by atoms with Crippen LogP contribution in [0.1, 0.15) is 16.1 Å². The summed E-state index contributed by atoms with van der Waals surface area (Å²) < 4.78 is 7.19. The molecule has 0 fully saturated rings. The predicted octanol–water partition coefficient (Wildman–Crippen LogP) is 2.66. The van der Waals surface area contributed by atoms with Crippen molar-refractivity contribution in [2.75, 3.05) is 0 Å². The molecular formula is C16H13N3O2. The highest BCUT2D eigenvalue weighted by Crippen LogP contribution is 2.16. The lowest BCUT2D eigenvalue weighted by molar-refractivity contribution is 0.111. The highest BCUT2D eigenvalue weighted by atomic mass is 16.5. The number of ether oxygens (including phenoxy) is 1. The SMILES string of the molecule is O=Cc1cnnn1-c1ccc(OCc2ccccc2)cc1. The lowest BCUT2D eigenvalue weighted by Gasteiger charge is -2.07. The molecule has 0 saturated carbocycles. The van der Waals surface area contributed by atoms with Gasteiger partial charge in [-0.05, 0) is 29.8 Å². The van der Waals surface area contributed by atoms with E-state index in [1.54, 1.807) is 0 Å². The van der Waals surface area contributed by atoms with Crippen molar-refractivity contribution >= 4 is 6.29 Å². The van der Waals surface area contributed by atoms with Gasteiger partial charge >= 0.3 is 0 Å². The number of hydrogen-bond acceptors (Lipinski definition) is 4. The van der Waals surface area contributed by atoms with Gasteiger partial charge < -0.3 is 4.74 Å². The Labute approximate surface area is 121 Å². The quantitative estimate of drug-likeness (QED) is 0.674. The maximum Gasteiger partial charge on any atom is 0.170 e. The van der Waals surface area contributed by atoms with Crippen LogP contribution in [0, 0.1) is 0 Å². The van der Waals surface area contributed by atoms with Gasteiger partial charge in [0.05, 0.1) is 11.9 Å². The van der Waals surface area contributed by atoms with Crippen molar-refractivity contribution in [1.82, 2.24) is 15.0 Å². The summed E-state index contributed by atoms with van der Waals surface area (Å²) in [5, 5.41) is 7.59. The Bertz CT molecular complexity index is 721. The van der Waals surface area contributed by atoms with Gasteiger partial charge in [0.2, 0.25) is 0 Å². The van der Waals surface area contributed by atoms with Gasteiger partial charge in [-0.25, -0.2) is 4.68 Å². The van der Waals surface area contributed by atoms with Gasteiger partial charge in [-0.1, -0.05) is 35.5 Å². The summed E-state index contributed by atoms with van der Waals surface area (Å²) in [6.07, 6.45) is 2.15. The van der Waals surface area contributed by atoms with Crippen LogP contribution < -0.4 is 4.74 Å². The van der Waals surface area contributed by atoms with Crippen molar-refractivity contribution < 1.29 is 9.53 Å². The second kappa shape index (κ2) is 6.00. The molecule has 0 spiro atoms. The average Bonchev–Trinajstić information content (AvgIpc) is 3.03. The van der Waals surface area contributed by atoms with Crippen LogP contribution in [0.5, 0.6) is 5.75 Å². The number of aldehydes is 1. The minimum Gasteiger partial charge on any atom is -0.489 e. The van der Waals surface area contributed by atoms with E-state index in [0.29, 0.717) is 12.3 Å². The molecule has 3 rings (SSSR count). The van der Waals surface area contributed by atoms with E-state index < -0.39 is 0 Å². The molecule has 0 radical (unpaired) electrons. The highest BCUT2D eigenvalue weighted by Gasteiger charge is 2.05. The molecule has 5 heteroatoms. The number of carbonyl (C=O) groups excluding carboxylic acids is 1. The average molecular weight is 279 g/mol. The van der Waals surface area contributed by atoms with Gasteiger partial charge in [-0.2, -0.15) is 0 Å². The van der Waals surface area contributed by atoms with Crippen molar-refractivity contribution in [2.24, 2.45) is 0 Å². The highest BCUT2D eigenvalue weighted by molar-refractivity contribution is 5.72. The van der Waals surface area contributed by atoms with Crippen LogP contribution in [0.2, 0.25) is 0 Å². The molecule has 0 aliphatic heterocycles. The Kier molecular flexibility index (Phi) is 3.73. The van der Waals surface area contributed by atoms with E-state index in [2.05, 4.69) is 10.3 Å². The number of aromatic nitrogens is 3. The first-order valence-corrected chi connectivity index (χ1v) is 6.50. The number of benzene rings is 2. The second-order valence-corrected chi connectivity index (χ2v) is 4.46. The zero-order chi connectivity index (χ0) is 14.5. The van der Waals surface area contributed by atoms with E-state index in [4.69, 9.17) is 4.74 Å². The van der Waals surface area contributed by atoms with Crippen LogP contribution in [-0.2, 0) is 6.61 Å². The zero-order valence-corrected chi connectivity index (χ0v) is 11.2. The molecule has 1 aromatic heterocycles. The fourth-order valence-electron chi connectivity index (χ4n) is 1.95. The normalized spacial score (nSPS) is 10.3. The molecule has 0 amide bonds. The number of hydrogen-bond donors (Lipinski definition) is 0. The Morgan fingerprint density at radius 1 is 1.05 bits per heavy atom. The van der Waals surface area contributed by atoms with Crippen molar-refractivity contribution in [3.8, 4) is 11.4 Å². The number of carbonyl (C=O) groups is 1. The molecule has 2 aromatic carbocycles. The van der Waals surface area contributed by atoms with Crippen LogP contribution in [0.3, 0.4) is 0 Å². The smallest absolute Gasteiger partial charge is 0.170 e. The molecule has 21 heavy (non-hydrogen) atoms. The van der Waals surface area contributed by atoms with Crippen LogP contribution in [-0.4, -0.2) is 21.3 Å². The first-order valence-electron chi connectivity index (χ1n) is 6.50. The van der Waals surface area contributed by atoms with Crippen molar-refractivity contribution in [3.63, 3.8) is 0 Å². The molecule has 104 valence electrons. The predicted molar refractivity (Wildman–Crippen MR) is 77.5 cm³/mol. The van der Waals surface area contributed by atoms with Gasteiger partial charge in [0.15, 0.2) is 6.29 Å². The molecule has 0 bridgehead atoms. The molecule has 3 aromatic rings. The summed E-state index contributed by atoms with van der Waals surface area (Å²) in [6, 6.07) is 17.3. The number of rotatable bonds is 5. The van der Waals surface area contributed by atoms with E-state index in [9.17, 15) is 4.79 Å². The minimum atomic E-state index is 0.410. The molecule has 0 aliphatic rings. The van der Waals surface area contributed by atoms with Crippen LogP contribution in [0.4, 0.5) is 0 Å². The van der Waals surface area contributed by atoms with Gasteiger partial charge in [0.25, 0.3) is 0 Å². The molecule has 0 N–H and O–H groups in total. The van der Waals surface area contributed by atoms with Crippen LogP contribution in [0.25, 0.3) is 5.69 Å². The van der Waals surface area contributed by atoms with E-state index in [1.165, 1.54) is 10.9 Å². The molecule has 1 heterocycles. The molecule has 5 nitrogen and oxygen atoms in total. The Morgan fingerprint density at radius 3 is 2.52 bits per heavy atom. The maximum atomic E-state index is 10.9. The Morgan fingerprint density at radius 2 is 1.81 bits per heavy atom. The molecule has 0 unspecified atom stereocenters. The third kappa shape index (κ3) is 2.97. The summed E-state index contributed by atoms with van der Waals surface area (Å²) in [5.74, 6) is 0.760. The molecular weight excluding hydrogens is 266 g/mol. The first-order chi connectivity index (χ1) is 10.4. The topological polar surface area (TPSA) is 57.0 Å². The van der Waals surface area contributed by atoms with Gasteiger partial charge in [-0.3, -0.25) is 4.79 Å². The first kappa shape index (κ1) is 13.1. The third-order valence-electron chi connectivity index (χ3n) is 3.03. The van der Waals surface area contributed by atoms with Crippen molar-refractivity contribution in [1.29, 1.82) is 0 Å². The van der Waals surface area contributed by atoms with E-state index in [1.807, 2.05) is 54.6 Å². The van der Waals surface area contributed by atoms with Crippen molar-refractivity contribution in [3.05, 3.63) is 72.1 Å². The molecule has 0 atom stereocenters. The molecule has 0 aliphatic carbocycles. The summed E-state index contributed by atoms with van der Waals surface area (Å²) in [5.41, 5.74) is 2.29. The monoisotopic (exact) mass is 279 g/mol. The fourth-order valence-corrected chi connectivity index (χ4v) is 1.95. The number of nitrogens with zero attached hydrogens (tertiary/aromatic N) is 3. The second-order valence-electron chi connectivity index (χ2n) is 4.46. The zero-order valence-electron chi connectivity index (χ0n) is 11.2. The summed E-state index contributed by atoms with van der Waals surface area (Å²) in [7, 11) is 0. The van der Waals surface area contributed by atoms with Gasteiger partial charge in [0.1, 0.15) is 18.1 Å². The summed E-state index contributed by atoms with van der Waals surface area (Å²) in [4.78, 5) is 10.9. The van der Waals surface area contributed by atoms with E-state index >= 15 is 0 Å². The molecule has 0 saturated heterocycles. The summed E-state index contributed by atoms with van der Waals surface area (Å²) in [6.45, 7) is 0.517. The Hall–Kier alpha value is -2.95. The van der Waals surface area contributed by atoms with E-state index in [-0.39, 0.29) is 0 Å². The van der Waals surface area contributed by atoms with Gasteiger partial charge in [-0.15, -0.1) is 5.10 Å². The van der Waals surface area contributed by atoms with Crippen molar-refractivity contribution in [2.45, 2.75) is 6.61 Å². The fraction of sp³-hybridized carbons (Fsp3) is 0.0625. The van der Waals surface area contributed by atoms with E-state index in [0.717, 1.165) is 23.3 Å². The lowest BCUT2D eigenvalue weighted by atomic mass is 10.2. The third-order valence-corrected chi connectivity index (χ3v) is 3.03. The largest absolute Gasteiger partial charge is 0.489 e.